The van der Waals surface area contributed by atoms with E-state index in [-0.39, 0.29) is 13.2 Å². The lowest BCUT2D eigenvalue weighted by atomic mass is 10.0. The first-order valence-electron chi connectivity index (χ1n) is 10.1. The summed E-state index contributed by atoms with van der Waals surface area (Å²) in [6, 6.07) is 6.50. The Morgan fingerprint density at radius 1 is 1.04 bits per heavy atom. The van der Waals surface area contributed by atoms with Gasteiger partial charge < -0.3 is 15.2 Å². The molecule has 2 N–H and O–H groups in total. The van der Waals surface area contributed by atoms with Crippen LogP contribution in [0.5, 0.6) is 5.75 Å². The molecule has 0 aliphatic rings. The first kappa shape index (κ1) is 21.2. The highest BCUT2D eigenvalue weighted by Gasteiger charge is 2.18. The van der Waals surface area contributed by atoms with Crippen LogP contribution < -0.4 is 10.1 Å². The Hall–Kier alpha value is -2.14. The number of ether oxygens (including phenoxy) is 1. The molecule has 148 valence electrons. The highest BCUT2D eigenvalue weighted by atomic mass is 16.5. The molecule has 0 radical (unpaired) electrons. The fraction of sp³-hybridized carbons (Fsp3) is 0.545. The fourth-order valence-corrected chi connectivity index (χ4v) is 3.12. The van der Waals surface area contributed by atoms with Crippen molar-refractivity contribution in [2.75, 3.05) is 18.5 Å². The van der Waals surface area contributed by atoms with Crippen LogP contribution in [0.1, 0.15) is 57.5 Å². The molecule has 0 atom stereocenters. The fourth-order valence-electron chi connectivity index (χ4n) is 3.12. The zero-order chi connectivity index (χ0) is 19.8. The molecule has 0 spiro atoms. The van der Waals surface area contributed by atoms with Crippen LogP contribution in [-0.2, 0) is 12.8 Å². The van der Waals surface area contributed by atoms with Gasteiger partial charge in [0.2, 0.25) is 0 Å². The summed E-state index contributed by atoms with van der Waals surface area (Å²) in [5.41, 5.74) is 4.85. The molecule has 2 aromatic rings. The lowest BCUT2D eigenvalue weighted by Gasteiger charge is -2.20. The van der Waals surface area contributed by atoms with E-state index in [2.05, 4.69) is 39.1 Å². The maximum Gasteiger partial charge on any atom is 0.148 e. The zero-order valence-corrected chi connectivity index (χ0v) is 17.3. The molecule has 0 amide bonds. The van der Waals surface area contributed by atoms with E-state index in [1.165, 1.54) is 0 Å². The van der Waals surface area contributed by atoms with Gasteiger partial charge in [0.1, 0.15) is 18.2 Å². The van der Waals surface area contributed by atoms with Crippen molar-refractivity contribution >= 4 is 5.82 Å². The van der Waals surface area contributed by atoms with Gasteiger partial charge in [-0.05, 0) is 50.3 Å². The number of aromatic nitrogens is 2. The average molecular weight is 372 g/mol. The average Bonchev–Trinajstić information content (AvgIpc) is 2.70. The van der Waals surface area contributed by atoms with Crippen LogP contribution in [0.2, 0.25) is 0 Å². The predicted octanol–water partition coefficient (Wildman–Crippen LogP) is 4.55. The Kier molecular flexibility index (Phi) is 8.04. The number of benzene rings is 1. The van der Waals surface area contributed by atoms with Gasteiger partial charge in [0.05, 0.1) is 23.7 Å². The third-order valence-corrected chi connectivity index (χ3v) is 4.78. The molecule has 27 heavy (non-hydrogen) atoms. The highest BCUT2D eigenvalue weighted by molar-refractivity contribution is 5.71. The van der Waals surface area contributed by atoms with Gasteiger partial charge in [-0.25, -0.2) is 9.97 Å². The minimum atomic E-state index is -0.0157. The number of nitrogens with one attached hydrogen (secondary N) is 1. The van der Waals surface area contributed by atoms with Gasteiger partial charge in [0, 0.05) is 11.6 Å². The van der Waals surface area contributed by atoms with Gasteiger partial charge >= 0.3 is 0 Å². The second-order valence-corrected chi connectivity index (χ2v) is 6.75. The van der Waals surface area contributed by atoms with E-state index in [4.69, 9.17) is 19.8 Å². The number of anilines is 1. The summed E-state index contributed by atoms with van der Waals surface area (Å²) in [5, 5.41) is 12.7. The van der Waals surface area contributed by atoms with Crippen molar-refractivity contribution in [1.82, 2.24) is 9.97 Å². The van der Waals surface area contributed by atoms with Gasteiger partial charge in [-0.2, -0.15) is 0 Å². The van der Waals surface area contributed by atoms with Crippen molar-refractivity contribution < 1.29 is 9.84 Å². The summed E-state index contributed by atoms with van der Waals surface area (Å²) >= 11 is 0. The van der Waals surface area contributed by atoms with Crippen molar-refractivity contribution in [2.45, 2.75) is 66.3 Å². The quantitative estimate of drug-likeness (QED) is 0.641. The molecule has 1 heterocycles. The maximum atomic E-state index is 9.15. The molecular weight excluding hydrogens is 338 g/mol. The van der Waals surface area contributed by atoms with Crippen molar-refractivity contribution in [2.24, 2.45) is 0 Å². The molecule has 0 saturated carbocycles. The summed E-state index contributed by atoms with van der Waals surface area (Å²) in [4.78, 5) is 9.92. The molecule has 5 heteroatoms. The number of aliphatic hydroxyl groups excluding tert-OH is 1. The number of hydrogen-bond donors (Lipinski definition) is 2. The molecular formula is C22H33N3O2. The number of hydrogen-bond acceptors (Lipinski definition) is 5. The molecule has 1 aromatic carbocycles. The van der Waals surface area contributed by atoms with Crippen molar-refractivity contribution in [3.05, 3.63) is 35.2 Å². The SMILES string of the molecule is CCc1nc(-c2ccc(C)cc2OCCO)c(CC)nc1NC(CC)CC. The van der Waals surface area contributed by atoms with Crippen LogP contribution in [0.15, 0.2) is 18.2 Å². The summed E-state index contributed by atoms with van der Waals surface area (Å²) < 4.78 is 5.79. The molecule has 0 fully saturated rings. The molecule has 2 rings (SSSR count). The van der Waals surface area contributed by atoms with E-state index >= 15 is 0 Å². The van der Waals surface area contributed by atoms with Crippen molar-refractivity contribution in [3.63, 3.8) is 0 Å². The Bertz CT molecular complexity index is 743. The minimum absolute atomic E-state index is 0.0157. The van der Waals surface area contributed by atoms with Crippen LogP contribution in [0.4, 0.5) is 5.82 Å². The van der Waals surface area contributed by atoms with Gasteiger partial charge in [-0.3, -0.25) is 0 Å². The van der Waals surface area contributed by atoms with Crippen LogP contribution in [-0.4, -0.2) is 34.3 Å². The molecule has 0 aliphatic heterocycles. The molecule has 0 aliphatic carbocycles. The second-order valence-electron chi connectivity index (χ2n) is 6.75. The number of nitrogens with zero attached hydrogens (tertiary/aromatic N) is 2. The minimum Gasteiger partial charge on any atom is -0.490 e. The Balaban J connectivity index is 2.54. The molecule has 0 bridgehead atoms. The molecule has 1 aromatic heterocycles. The summed E-state index contributed by atoms with van der Waals surface area (Å²) in [6.45, 7) is 10.9. The topological polar surface area (TPSA) is 67.3 Å². The van der Waals surface area contributed by atoms with Crippen LogP contribution >= 0.6 is 0 Å². The Labute approximate surface area is 163 Å². The lowest BCUT2D eigenvalue weighted by molar-refractivity contribution is 0.202. The van der Waals surface area contributed by atoms with E-state index in [9.17, 15) is 0 Å². The molecule has 5 nitrogen and oxygen atoms in total. The summed E-state index contributed by atoms with van der Waals surface area (Å²) in [7, 11) is 0. The van der Waals surface area contributed by atoms with Crippen molar-refractivity contribution in [3.8, 4) is 17.0 Å². The summed E-state index contributed by atoms with van der Waals surface area (Å²) in [5.74, 6) is 1.65. The van der Waals surface area contributed by atoms with E-state index < -0.39 is 0 Å². The third-order valence-electron chi connectivity index (χ3n) is 4.78. The van der Waals surface area contributed by atoms with E-state index in [0.29, 0.717) is 6.04 Å². The molecule has 0 saturated heterocycles. The van der Waals surface area contributed by atoms with Gasteiger partial charge in [-0.1, -0.05) is 33.8 Å². The Morgan fingerprint density at radius 2 is 1.74 bits per heavy atom. The number of rotatable bonds is 10. The predicted molar refractivity (Wildman–Crippen MR) is 112 cm³/mol. The normalized spacial score (nSPS) is 11.1. The second kappa shape index (κ2) is 10.3. The van der Waals surface area contributed by atoms with E-state index in [0.717, 1.165) is 65.5 Å². The standard InChI is InChI=1S/C22H33N3O2/c1-6-16(7-2)23-22-19(9-4)24-21(18(8-3)25-22)17-11-10-15(5)14-20(17)27-13-12-26/h10-11,14,16,26H,6-9,12-13H2,1-5H3,(H,23,25). The van der Waals surface area contributed by atoms with E-state index in [1.54, 1.807) is 0 Å². The Morgan fingerprint density at radius 3 is 2.33 bits per heavy atom. The van der Waals surface area contributed by atoms with Gasteiger partial charge in [0.25, 0.3) is 0 Å². The van der Waals surface area contributed by atoms with Gasteiger partial charge in [0.15, 0.2) is 0 Å². The zero-order valence-electron chi connectivity index (χ0n) is 17.3. The number of aryl methyl sites for hydroxylation is 3. The van der Waals surface area contributed by atoms with E-state index in [1.807, 2.05) is 19.1 Å². The van der Waals surface area contributed by atoms with Gasteiger partial charge in [-0.15, -0.1) is 0 Å². The maximum absolute atomic E-state index is 9.15. The largest absolute Gasteiger partial charge is 0.490 e. The highest BCUT2D eigenvalue weighted by Crippen LogP contribution is 2.33. The van der Waals surface area contributed by atoms with Crippen LogP contribution in [0.3, 0.4) is 0 Å². The molecule has 0 unspecified atom stereocenters. The van der Waals surface area contributed by atoms with Crippen LogP contribution in [0, 0.1) is 6.92 Å². The number of aliphatic hydroxyl groups is 1. The first-order chi connectivity index (χ1) is 13.1. The first-order valence-corrected chi connectivity index (χ1v) is 10.1. The third kappa shape index (κ3) is 5.19. The summed E-state index contributed by atoms with van der Waals surface area (Å²) in [6.07, 6.45) is 3.71. The monoisotopic (exact) mass is 371 g/mol. The lowest BCUT2D eigenvalue weighted by Crippen LogP contribution is -2.20. The smallest absolute Gasteiger partial charge is 0.148 e. The van der Waals surface area contributed by atoms with Crippen molar-refractivity contribution in [1.29, 1.82) is 0 Å². The van der Waals surface area contributed by atoms with Crippen LogP contribution in [0.25, 0.3) is 11.3 Å².